The van der Waals surface area contributed by atoms with Crippen LogP contribution < -0.4 is 73.1 Å². The molecule has 2 atom stereocenters. The van der Waals surface area contributed by atoms with Gasteiger partial charge in [-0.2, -0.15) is 0 Å². The summed E-state index contributed by atoms with van der Waals surface area (Å²) in [4.78, 5) is 9.48. The number of piperazine rings is 1. The number of likely N-dealkylation sites (tertiary alicyclic amines) is 1. The van der Waals surface area contributed by atoms with Gasteiger partial charge in [-0.1, -0.05) is 144 Å². The lowest BCUT2D eigenvalue weighted by Gasteiger charge is -2.32. The Morgan fingerprint density at radius 3 is 1.26 bits per heavy atom. The van der Waals surface area contributed by atoms with Crippen LogP contribution in [0.25, 0.3) is 0 Å². The summed E-state index contributed by atoms with van der Waals surface area (Å²) < 4.78 is 5.23. The van der Waals surface area contributed by atoms with Crippen LogP contribution in [0.4, 0.5) is 0 Å². The van der Waals surface area contributed by atoms with Crippen LogP contribution >= 0.6 is 0 Å². The van der Waals surface area contributed by atoms with Crippen molar-refractivity contribution in [3.05, 3.63) is 30.3 Å². The quantitative estimate of drug-likeness (QED) is 0.0359. The SMILES string of the molecule is C1CCNCC1.CCC(N)CN.CCC(N)CO.CCCCCCCN.CCCCCCN.CCCCCN.CCCCN.CCCN(CCN)CCO.CN1CCN(CCCN)CC1.NCCN1CCCCC1.NCCOc1ccccc1. The van der Waals surface area contributed by atoms with Gasteiger partial charge < -0.3 is 98.0 Å². The molecule has 84 heavy (non-hydrogen) atoms. The number of benzene rings is 1. The number of nitrogens with zero attached hydrogens (tertiary/aromatic N) is 4. The highest BCUT2D eigenvalue weighted by Gasteiger charge is 2.12. The third-order valence-corrected chi connectivity index (χ3v) is 13.2. The maximum Gasteiger partial charge on any atom is 0.119 e. The van der Waals surface area contributed by atoms with Gasteiger partial charge in [-0.25, -0.2) is 0 Å². The molecule has 0 radical (unpaired) electrons. The number of rotatable bonds is 32. The number of nitrogens with two attached hydrogens (primary N) is 11. The highest BCUT2D eigenvalue weighted by atomic mass is 16.5. The molecule has 19 nitrogen and oxygen atoms in total. The second-order valence-corrected chi connectivity index (χ2v) is 21.5. The van der Waals surface area contributed by atoms with Crippen LogP contribution in [0.2, 0.25) is 0 Å². The molecule has 0 spiro atoms. The Bertz CT molecular complexity index is 1100. The number of likely N-dealkylation sites (N-methyl/N-ethyl adjacent to an activating group) is 1. The van der Waals surface area contributed by atoms with Gasteiger partial charge in [0, 0.05) is 84.1 Å². The molecule has 512 valence electrons. The minimum Gasteiger partial charge on any atom is -0.492 e. The number of nitrogens with one attached hydrogen (secondary N) is 1. The molecule has 0 amide bonds. The lowest BCUT2D eigenvalue weighted by molar-refractivity contribution is 0.153. The van der Waals surface area contributed by atoms with E-state index in [1.807, 2.05) is 44.2 Å². The molecular formula is C65H154N16O3. The molecule has 1 aromatic rings. The Kier molecular flexibility index (Phi) is 106. The van der Waals surface area contributed by atoms with E-state index < -0.39 is 0 Å². The number of hydrogen-bond acceptors (Lipinski definition) is 19. The molecule has 2 unspecified atom stereocenters. The second kappa shape index (κ2) is 92.5. The molecule has 3 saturated heterocycles. The van der Waals surface area contributed by atoms with Gasteiger partial charge >= 0.3 is 0 Å². The Labute approximate surface area is 522 Å². The Balaban J connectivity index is -0.000000157. The number of ether oxygens (including phenoxy) is 1. The van der Waals surface area contributed by atoms with Crippen molar-refractivity contribution in [1.82, 2.24) is 24.9 Å². The van der Waals surface area contributed by atoms with Crippen LogP contribution in [-0.2, 0) is 0 Å². The molecule has 4 rings (SSSR count). The summed E-state index contributed by atoms with van der Waals surface area (Å²) in [5.41, 5.74) is 58.1. The monoisotopic (exact) mass is 1210 g/mol. The fraction of sp³-hybridized carbons (Fsp3) is 0.908. The molecule has 3 heterocycles. The minimum atomic E-state index is -0.00926. The van der Waals surface area contributed by atoms with Gasteiger partial charge in [0.05, 0.1) is 13.2 Å². The highest BCUT2D eigenvalue weighted by Crippen LogP contribution is 2.08. The zero-order chi connectivity index (χ0) is 64.6. The predicted octanol–water partition coefficient (Wildman–Crippen LogP) is 6.17. The maximum atomic E-state index is 8.61. The van der Waals surface area contributed by atoms with E-state index in [4.69, 9.17) is 78.0 Å². The van der Waals surface area contributed by atoms with Gasteiger partial charge in [0.25, 0.3) is 0 Å². The van der Waals surface area contributed by atoms with Gasteiger partial charge in [-0.05, 0) is 168 Å². The molecule has 3 aliphatic heterocycles. The number of aliphatic hydroxyl groups excluding tert-OH is 2. The van der Waals surface area contributed by atoms with Crippen LogP contribution in [0.5, 0.6) is 5.75 Å². The van der Waals surface area contributed by atoms with Gasteiger partial charge in [0.2, 0.25) is 0 Å². The zero-order valence-electron chi connectivity index (χ0n) is 57.1. The maximum absolute atomic E-state index is 8.61. The summed E-state index contributed by atoms with van der Waals surface area (Å²) in [6.07, 6.45) is 30.4. The Hall–Kier alpha value is -1.70. The van der Waals surface area contributed by atoms with Gasteiger partial charge in [-0.3, -0.25) is 4.90 Å². The van der Waals surface area contributed by atoms with E-state index in [-0.39, 0.29) is 25.3 Å². The van der Waals surface area contributed by atoms with Gasteiger partial charge in [0.1, 0.15) is 12.4 Å². The van der Waals surface area contributed by atoms with Crippen molar-refractivity contribution in [2.24, 2.45) is 63.1 Å². The fourth-order valence-corrected chi connectivity index (χ4v) is 7.44. The molecule has 0 aliphatic carbocycles. The Morgan fingerprint density at radius 2 is 0.929 bits per heavy atom. The predicted molar refractivity (Wildman–Crippen MR) is 374 cm³/mol. The number of hydrogen-bond donors (Lipinski definition) is 14. The van der Waals surface area contributed by atoms with E-state index in [2.05, 4.69) is 66.6 Å². The third-order valence-electron chi connectivity index (χ3n) is 13.2. The van der Waals surface area contributed by atoms with E-state index in [1.54, 1.807) is 0 Å². The van der Waals surface area contributed by atoms with Crippen molar-refractivity contribution in [3.8, 4) is 5.75 Å². The Morgan fingerprint density at radius 1 is 0.464 bits per heavy atom. The van der Waals surface area contributed by atoms with Crippen molar-refractivity contribution in [1.29, 1.82) is 0 Å². The van der Waals surface area contributed by atoms with Crippen molar-refractivity contribution in [2.75, 3.05) is 171 Å². The molecule has 3 fully saturated rings. The number of piperidine rings is 2. The fourth-order valence-electron chi connectivity index (χ4n) is 7.44. The summed E-state index contributed by atoms with van der Waals surface area (Å²) in [6.45, 7) is 37.6. The van der Waals surface area contributed by atoms with E-state index in [9.17, 15) is 0 Å². The van der Waals surface area contributed by atoms with Crippen LogP contribution in [0.3, 0.4) is 0 Å². The van der Waals surface area contributed by atoms with Crippen LogP contribution in [0, 0.1) is 0 Å². The molecule has 25 N–H and O–H groups in total. The highest BCUT2D eigenvalue weighted by molar-refractivity contribution is 5.20. The average molecular weight is 1210 g/mol. The standard InChI is InChI=1S/C8H19N3.C8H11NO.C7H18N2O.C7H16N2.C7H17N.C6H15N.C5H11N.C5H13N.C4H12N2.C4H11NO.C4H11N/c1-10-5-7-11(8-6-10)4-2-3-9;9-6-7-10-8-4-2-1-3-5-8;1-2-4-9(5-3-8)6-7-10;8-4-7-9-5-2-1-3-6-9;1-2-3-4-5-6-7-8;1-2-3-4-5-6-7;1-2-4-6-5-3-1;1-2-3-4-5-6;1-2-4(6)3-5;1-2-4(5)3-6;1-2-3-4-5/h2-9H2,1H3;1-5H,6-7,9H2;10H,2-8H2,1H3;1-8H2;2-8H2,1H3;2-7H2,1H3;6H,1-5H2;2-6H2,1H3;4H,2-3,5-6H2,1H3;4,6H,2-3,5H2,1H3;2-5H2,1H3. The summed E-state index contributed by atoms with van der Waals surface area (Å²) >= 11 is 0. The molecular weight excluding hydrogens is 1050 g/mol. The van der Waals surface area contributed by atoms with Crippen molar-refractivity contribution in [2.45, 2.75) is 215 Å². The molecule has 0 aromatic heterocycles. The summed E-state index contributed by atoms with van der Waals surface area (Å²) in [6, 6.07) is 9.85. The normalized spacial score (nSPS) is 14.4. The van der Waals surface area contributed by atoms with Crippen molar-refractivity contribution >= 4 is 0 Å². The van der Waals surface area contributed by atoms with Crippen molar-refractivity contribution < 1.29 is 14.9 Å². The first-order valence-electron chi connectivity index (χ1n) is 34.1. The number of para-hydroxylation sites is 1. The second-order valence-electron chi connectivity index (χ2n) is 21.5. The lowest BCUT2D eigenvalue weighted by atomic mass is 10.1. The molecule has 0 bridgehead atoms. The van der Waals surface area contributed by atoms with E-state index in [0.717, 1.165) is 96.9 Å². The van der Waals surface area contributed by atoms with E-state index >= 15 is 0 Å². The van der Waals surface area contributed by atoms with Crippen LogP contribution in [0.1, 0.15) is 203 Å². The summed E-state index contributed by atoms with van der Waals surface area (Å²) in [5.74, 6) is 0.882. The number of unbranched alkanes of at least 4 members (excludes halogenated alkanes) is 10. The average Bonchev–Trinajstić information content (AvgIpc) is 3.55. The first kappa shape index (κ1) is 95.9. The van der Waals surface area contributed by atoms with Gasteiger partial charge in [-0.15, -0.1) is 0 Å². The lowest BCUT2D eigenvalue weighted by Crippen LogP contribution is -2.44. The van der Waals surface area contributed by atoms with Gasteiger partial charge in [0.15, 0.2) is 0 Å². The zero-order valence-corrected chi connectivity index (χ0v) is 57.1. The minimum absolute atomic E-state index is 0.00926. The summed E-state index contributed by atoms with van der Waals surface area (Å²) in [5, 5.41) is 20.1. The molecule has 3 aliphatic rings. The molecule has 0 saturated carbocycles. The first-order valence-corrected chi connectivity index (χ1v) is 34.1. The smallest absolute Gasteiger partial charge is 0.119 e. The van der Waals surface area contributed by atoms with Crippen LogP contribution in [-0.4, -0.2) is 213 Å². The topological polar surface area (TPSA) is 361 Å². The summed E-state index contributed by atoms with van der Waals surface area (Å²) in [7, 11) is 2.18. The van der Waals surface area contributed by atoms with Crippen molar-refractivity contribution in [3.63, 3.8) is 0 Å². The molecule has 1 aromatic carbocycles. The third kappa shape index (κ3) is 96.6. The first-order chi connectivity index (χ1) is 40.8. The molecule has 19 heteroatoms. The van der Waals surface area contributed by atoms with E-state index in [1.165, 1.54) is 187 Å². The largest absolute Gasteiger partial charge is 0.492 e. The number of aliphatic hydroxyl groups is 2. The van der Waals surface area contributed by atoms with E-state index in [0.29, 0.717) is 26.2 Å². The van der Waals surface area contributed by atoms with Crippen LogP contribution in [0.15, 0.2) is 30.3 Å².